The van der Waals surface area contributed by atoms with Crippen LogP contribution in [0, 0.1) is 20.8 Å². The van der Waals surface area contributed by atoms with E-state index in [-0.39, 0.29) is 12.5 Å². The van der Waals surface area contributed by atoms with Gasteiger partial charge in [0, 0.05) is 5.92 Å². The normalized spacial score (nSPS) is 12.7. The molecule has 0 aliphatic carbocycles. The molecule has 0 amide bonds. The molecule has 1 unspecified atom stereocenters. The first-order chi connectivity index (χ1) is 12.4. The van der Waals surface area contributed by atoms with E-state index in [1.165, 1.54) is 11.1 Å². The van der Waals surface area contributed by atoms with Gasteiger partial charge in [0.25, 0.3) is 0 Å². The Morgan fingerprint density at radius 2 is 1.85 bits per heavy atom. The van der Waals surface area contributed by atoms with Gasteiger partial charge < -0.3 is 14.4 Å². The molecule has 0 fully saturated rings. The molecule has 1 aromatic heterocycles. The van der Waals surface area contributed by atoms with Crippen molar-refractivity contribution in [3.8, 4) is 5.75 Å². The Bertz CT molecular complexity index is 912. The average Bonchev–Trinajstić information content (AvgIpc) is 2.96. The largest absolute Gasteiger partial charge is 0.491 e. The van der Waals surface area contributed by atoms with E-state index in [4.69, 9.17) is 9.72 Å². The van der Waals surface area contributed by atoms with Crippen molar-refractivity contribution < 1.29 is 9.84 Å². The van der Waals surface area contributed by atoms with E-state index in [1.54, 1.807) is 0 Å². The van der Waals surface area contributed by atoms with Gasteiger partial charge in [-0.25, -0.2) is 4.98 Å². The van der Waals surface area contributed by atoms with Gasteiger partial charge in [-0.1, -0.05) is 32.0 Å². The fourth-order valence-corrected chi connectivity index (χ4v) is 3.33. The molecule has 3 aromatic rings. The zero-order valence-electron chi connectivity index (χ0n) is 16.3. The topological polar surface area (TPSA) is 47.3 Å². The highest BCUT2D eigenvalue weighted by atomic mass is 16.5. The lowest BCUT2D eigenvalue weighted by Gasteiger charge is -2.18. The van der Waals surface area contributed by atoms with Crippen molar-refractivity contribution in [2.45, 2.75) is 53.2 Å². The summed E-state index contributed by atoms with van der Waals surface area (Å²) in [7, 11) is 0. The molecule has 2 aromatic carbocycles. The number of benzene rings is 2. The van der Waals surface area contributed by atoms with Crippen molar-refractivity contribution in [2.75, 3.05) is 6.61 Å². The van der Waals surface area contributed by atoms with Crippen molar-refractivity contribution in [2.24, 2.45) is 0 Å². The lowest BCUT2D eigenvalue weighted by Crippen LogP contribution is -2.25. The van der Waals surface area contributed by atoms with Crippen molar-refractivity contribution in [3.05, 3.63) is 58.9 Å². The highest BCUT2D eigenvalue weighted by molar-refractivity contribution is 5.76. The molecule has 0 aliphatic rings. The third-order valence-electron chi connectivity index (χ3n) is 4.79. The molecule has 26 heavy (non-hydrogen) atoms. The maximum Gasteiger partial charge on any atom is 0.122 e. The Labute approximate surface area is 155 Å². The van der Waals surface area contributed by atoms with Gasteiger partial charge >= 0.3 is 0 Å². The zero-order valence-corrected chi connectivity index (χ0v) is 16.3. The monoisotopic (exact) mass is 352 g/mol. The van der Waals surface area contributed by atoms with Crippen LogP contribution in [0.2, 0.25) is 0 Å². The first-order valence-corrected chi connectivity index (χ1v) is 9.20. The average molecular weight is 352 g/mol. The van der Waals surface area contributed by atoms with Gasteiger partial charge in [0.15, 0.2) is 0 Å². The number of aliphatic hydroxyl groups is 1. The zero-order chi connectivity index (χ0) is 18.8. The minimum Gasteiger partial charge on any atom is -0.491 e. The molecule has 1 N–H and O–H groups in total. The molecule has 3 rings (SSSR count). The molecular weight excluding hydrogens is 324 g/mol. The van der Waals surface area contributed by atoms with E-state index >= 15 is 0 Å². The van der Waals surface area contributed by atoms with Gasteiger partial charge in [-0.15, -0.1) is 0 Å². The molecule has 0 saturated heterocycles. The number of imidazole rings is 1. The van der Waals surface area contributed by atoms with E-state index in [0.717, 1.165) is 28.2 Å². The van der Waals surface area contributed by atoms with Crippen LogP contribution in [0.5, 0.6) is 5.75 Å². The van der Waals surface area contributed by atoms with E-state index < -0.39 is 6.10 Å². The van der Waals surface area contributed by atoms with Crippen molar-refractivity contribution >= 4 is 11.0 Å². The van der Waals surface area contributed by atoms with Crippen LogP contribution in [-0.2, 0) is 6.54 Å². The van der Waals surface area contributed by atoms with Gasteiger partial charge in [-0.3, -0.25) is 0 Å². The van der Waals surface area contributed by atoms with Crippen molar-refractivity contribution in [3.63, 3.8) is 0 Å². The molecule has 0 saturated carbocycles. The number of fused-ring (bicyclic) bond motifs is 1. The molecule has 1 heterocycles. The first-order valence-electron chi connectivity index (χ1n) is 9.20. The predicted octanol–water partition coefficient (Wildman–Crippen LogP) is 4.52. The number of ether oxygens (including phenoxy) is 1. The van der Waals surface area contributed by atoms with Crippen LogP contribution in [0.3, 0.4) is 0 Å². The smallest absolute Gasteiger partial charge is 0.122 e. The molecule has 1 atom stereocenters. The Morgan fingerprint density at radius 3 is 2.58 bits per heavy atom. The van der Waals surface area contributed by atoms with Crippen LogP contribution in [-0.4, -0.2) is 27.4 Å². The van der Waals surface area contributed by atoms with Crippen molar-refractivity contribution in [1.82, 2.24) is 9.55 Å². The summed E-state index contributed by atoms with van der Waals surface area (Å²) in [5.41, 5.74) is 5.52. The SMILES string of the molecule is Cc1cc(C)c(C)c(OCC(O)Cn2c(C(C)C)nc3ccccc32)c1. The number of hydrogen-bond acceptors (Lipinski definition) is 3. The van der Waals surface area contributed by atoms with E-state index in [2.05, 4.69) is 51.3 Å². The minimum absolute atomic E-state index is 0.258. The fraction of sp³-hybridized carbons (Fsp3) is 0.409. The number of aromatic nitrogens is 2. The summed E-state index contributed by atoms with van der Waals surface area (Å²) in [6.07, 6.45) is -0.606. The summed E-state index contributed by atoms with van der Waals surface area (Å²) in [6.45, 7) is 11.2. The van der Waals surface area contributed by atoms with Crippen molar-refractivity contribution in [1.29, 1.82) is 0 Å². The Balaban J connectivity index is 1.78. The Kier molecular flexibility index (Phi) is 5.33. The van der Waals surface area contributed by atoms with Gasteiger partial charge in [0.2, 0.25) is 0 Å². The second-order valence-corrected chi connectivity index (χ2v) is 7.39. The highest BCUT2D eigenvalue weighted by Gasteiger charge is 2.17. The maximum atomic E-state index is 10.6. The molecule has 138 valence electrons. The molecule has 0 spiro atoms. The summed E-state index contributed by atoms with van der Waals surface area (Å²) in [4.78, 5) is 4.73. The second-order valence-electron chi connectivity index (χ2n) is 7.39. The summed E-state index contributed by atoms with van der Waals surface area (Å²) >= 11 is 0. The molecule has 4 heteroatoms. The summed E-state index contributed by atoms with van der Waals surface area (Å²) in [5.74, 6) is 2.13. The summed E-state index contributed by atoms with van der Waals surface area (Å²) < 4.78 is 8.05. The number of aliphatic hydroxyl groups excluding tert-OH is 1. The fourth-order valence-electron chi connectivity index (χ4n) is 3.33. The van der Waals surface area contributed by atoms with Gasteiger partial charge in [-0.2, -0.15) is 0 Å². The van der Waals surface area contributed by atoms with Gasteiger partial charge in [-0.05, 0) is 55.7 Å². The number of nitrogens with zero attached hydrogens (tertiary/aromatic N) is 2. The van der Waals surface area contributed by atoms with E-state index in [1.807, 2.05) is 24.3 Å². The Hall–Kier alpha value is -2.33. The van der Waals surface area contributed by atoms with Crippen LogP contribution < -0.4 is 4.74 Å². The number of hydrogen-bond donors (Lipinski definition) is 1. The lowest BCUT2D eigenvalue weighted by molar-refractivity contribution is 0.0921. The molecule has 4 nitrogen and oxygen atoms in total. The van der Waals surface area contributed by atoms with Gasteiger partial charge in [0.05, 0.1) is 17.6 Å². The number of rotatable bonds is 6. The lowest BCUT2D eigenvalue weighted by atomic mass is 10.1. The first kappa shape index (κ1) is 18.5. The predicted molar refractivity (Wildman–Crippen MR) is 106 cm³/mol. The molecule has 0 bridgehead atoms. The van der Waals surface area contributed by atoms with Crippen LogP contribution in [0.1, 0.15) is 42.3 Å². The maximum absolute atomic E-state index is 10.6. The quantitative estimate of drug-likeness (QED) is 0.709. The highest BCUT2D eigenvalue weighted by Crippen LogP contribution is 2.25. The van der Waals surface area contributed by atoms with E-state index in [0.29, 0.717) is 6.54 Å². The standard InChI is InChI=1S/C22H28N2O2/c1-14(2)22-23-19-8-6-7-9-20(19)24(22)12-18(25)13-26-21-11-15(3)10-16(4)17(21)5/h6-11,14,18,25H,12-13H2,1-5H3. The third kappa shape index (κ3) is 3.75. The van der Waals surface area contributed by atoms with Crippen LogP contribution in [0.4, 0.5) is 0 Å². The third-order valence-corrected chi connectivity index (χ3v) is 4.79. The van der Waals surface area contributed by atoms with E-state index in [9.17, 15) is 5.11 Å². The molecule has 0 radical (unpaired) electrons. The molecule has 0 aliphatic heterocycles. The van der Waals surface area contributed by atoms with Crippen LogP contribution in [0.25, 0.3) is 11.0 Å². The summed E-state index contributed by atoms with van der Waals surface area (Å²) in [6, 6.07) is 12.2. The van der Waals surface area contributed by atoms with Crippen LogP contribution >= 0.6 is 0 Å². The second kappa shape index (κ2) is 7.50. The number of para-hydroxylation sites is 2. The number of aryl methyl sites for hydroxylation is 2. The van der Waals surface area contributed by atoms with Gasteiger partial charge in [0.1, 0.15) is 24.3 Å². The summed E-state index contributed by atoms with van der Waals surface area (Å²) in [5, 5.41) is 10.6. The van der Waals surface area contributed by atoms with Crippen LogP contribution in [0.15, 0.2) is 36.4 Å². The Morgan fingerprint density at radius 1 is 1.12 bits per heavy atom. The molecular formula is C22H28N2O2. The minimum atomic E-state index is -0.606.